The molecule has 82 valence electrons. The predicted octanol–water partition coefficient (Wildman–Crippen LogP) is 2.57. The number of rotatable bonds is 0. The molecular formula is C11H12F3N. The maximum Gasteiger partial charge on any atom is 0.404 e. The van der Waals surface area contributed by atoms with E-state index in [9.17, 15) is 13.2 Å². The summed E-state index contributed by atoms with van der Waals surface area (Å²) in [5.74, 6) is 0. The summed E-state index contributed by atoms with van der Waals surface area (Å²) < 4.78 is 37.4. The summed E-state index contributed by atoms with van der Waals surface area (Å²) in [7, 11) is 0. The van der Waals surface area contributed by atoms with Gasteiger partial charge in [0.05, 0.1) is 0 Å². The van der Waals surface area contributed by atoms with Gasteiger partial charge in [0, 0.05) is 6.54 Å². The second kappa shape index (κ2) is 3.52. The molecule has 0 spiro atoms. The van der Waals surface area contributed by atoms with Crippen LogP contribution in [0, 0.1) is 6.92 Å². The van der Waals surface area contributed by atoms with E-state index in [2.05, 4.69) is 5.32 Å². The van der Waals surface area contributed by atoms with E-state index in [0.29, 0.717) is 6.54 Å². The summed E-state index contributed by atoms with van der Waals surface area (Å²) >= 11 is 0. The molecule has 1 N–H and O–H groups in total. The first-order chi connectivity index (χ1) is 6.98. The highest BCUT2D eigenvalue weighted by Crippen LogP contribution is 2.28. The Bertz CT molecular complexity index is 371. The summed E-state index contributed by atoms with van der Waals surface area (Å²) in [5.41, 5.74) is 2.88. The SMILES string of the molecule is Cc1cccc2c1CNC(C(F)(F)F)C2. The number of aryl methyl sites for hydroxylation is 1. The lowest BCUT2D eigenvalue weighted by molar-refractivity contribution is -0.157. The molecule has 0 aliphatic carbocycles. The molecule has 0 bridgehead atoms. The Kier molecular flexibility index (Phi) is 2.46. The first-order valence-corrected chi connectivity index (χ1v) is 4.86. The molecule has 1 atom stereocenters. The lowest BCUT2D eigenvalue weighted by Crippen LogP contribution is -2.46. The minimum absolute atomic E-state index is 0.0422. The topological polar surface area (TPSA) is 12.0 Å². The van der Waals surface area contributed by atoms with E-state index >= 15 is 0 Å². The molecule has 0 aromatic heterocycles. The summed E-state index contributed by atoms with van der Waals surface area (Å²) in [6.07, 6.45) is -4.11. The Hall–Kier alpha value is -1.03. The minimum atomic E-state index is -4.15. The smallest absolute Gasteiger partial charge is 0.302 e. The summed E-state index contributed by atoms with van der Waals surface area (Å²) in [6, 6.07) is 4.12. The van der Waals surface area contributed by atoms with Gasteiger partial charge >= 0.3 is 6.18 Å². The van der Waals surface area contributed by atoms with E-state index in [-0.39, 0.29) is 6.42 Å². The van der Waals surface area contributed by atoms with Crippen LogP contribution in [-0.2, 0) is 13.0 Å². The number of nitrogens with one attached hydrogen (secondary N) is 1. The van der Waals surface area contributed by atoms with Crippen LogP contribution in [0.15, 0.2) is 18.2 Å². The molecule has 2 rings (SSSR count). The Morgan fingerprint density at radius 2 is 2.07 bits per heavy atom. The third-order valence-electron chi connectivity index (χ3n) is 2.85. The van der Waals surface area contributed by atoms with Crippen molar-refractivity contribution >= 4 is 0 Å². The monoisotopic (exact) mass is 215 g/mol. The molecule has 0 saturated carbocycles. The van der Waals surface area contributed by atoms with Gasteiger partial charge in [0.15, 0.2) is 0 Å². The highest BCUT2D eigenvalue weighted by Gasteiger charge is 2.41. The highest BCUT2D eigenvalue weighted by atomic mass is 19.4. The van der Waals surface area contributed by atoms with Gasteiger partial charge in [-0.1, -0.05) is 18.2 Å². The van der Waals surface area contributed by atoms with E-state index in [1.807, 2.05) is 19.1 Å². The molecule has 1 nitrogen and oxygen atoms in total. The van der Waals surface area contributed by atoms with Crippen molar-refractivity contribution in [1.29, 1.82) is 0 Å². The van der Waals surface area contributed by atoms with Crippen molar-refractivity contribution in [2.45, 2.75) is 32.1 Å². The average molecular weight is 215 g/mol. The average Bonchev–Trinajstić information content (AvgIpc) is 2.16. The van der Waals surface area contributed by atoms with Crippen molar-refractivity contribution in [3.63, 3.8) is 0 Å². The first kappa shape index (κ1) is 10.5. The van der Waals surface area contributed by atoms with Crippen molar-refractivity contribution in [2.24, 2.45) is 0 Å². The number of fused-ring (bicyclic) bond motifs is 1. The summed E-state index contributed by atoms with van der Waals surface area (Å²) in [4.78, 5) is 0. The van der Waals surface area contributed by atoms with Crippen molar-refractivity contribution in [3.05, 3.63) is 34.9 Å². The molecule has 1 aromatic carbocycles. The van der Waals surface area contributed by atoms with Gasteiger partial charge in [-0.15, -0.1) is 0 Å². The van der Waals surface area contributed by atoms with Gasteiger partial charge in [0.1, 0.15) is 6.04 Å². The van der Waals surface area contributed by atoms with Crippen LogP contribution in [0.2, 0.25) is 0 Å². The van der Waals surface area contributed by atoms with Gasteiger partial charge in [-0.3, -0.25) is 0 Å². The van der Waals surface area contributed by atoms with Crippen molar-refractivity contribution in [2.75, 3.05) is 0 Å². The van der Waals surface area contributed by atoms with E-state index in [1.165, 1.54) is 0 Å². The maximum atomic E-state index is 12.5. The molecule has 1 aliphatic heterocycles. The zero-order valence-electron chi connectivity index (χ0n) is 8.36. The van der Waals surface area contributed by atoms with Gasteiger partial charge in [-0.25, -0.2) is 0 Å². The highest BCUT2D eigenvalue weighted by molar-refractivity contribution is 5.36. The number of hydrogen-bond acceptors (Lipinski definition) is 1. The fourth-order valence-corrected chi connectivity index (χ4v) is 1.96. The summed E-state index contributed by atoms with van der Waals surface area (Å²) in [5, 5.41) is 2.53. The normalized spacial score (nSPS) is 21.2. The van der Waals surface area contributed by atoms with Crippen LogP contribution in [0.5, 0.6) is 0 Å². The molecule has 15 heavy (non-hydrogen) atoms. The standard InChI is InChI=1S/C11H12F3N/c1-7-3-2-4-8-5-10(11(12,13)14)15-6-9(7)8/h2-4,10,15H,5-6H2,1H3. The number of hydrogen-bond donors (Lipinski definition) is 1. The van der Waals surface area contributed by atoms with E-state index in [4.69, 9.17) is 0 Å². The van der Waals surface area contributed by atoms with E-state index in [1.54, 1.807) is 6.07 Å². The molecule has 1 aliphatic rings. The molecule has 1 heterocycles. The third kappa shape index (κ3) is 2.00. The lowest BCUT2D eigenvalue weighted by Gasteiger charge is -2.28. The van der Waals surface area contributed by atoms with Gasteiger partial charge in [0.25, 0.3) is 0 Å². The molecular weight excluding hydrogens is 203 g/mol. The fourth-order valence-electron chi connectivity index (χ4n) is 1.96. The van der Waals surface area contributed by atoms with Crippen LogP contribution in [0.3, 0.4) is 0 Å². The zero-order chi connectivity index (χ0) is 11.1. The summed E-state index contributed by atoms with van der Waals surface area (Å²) in [6.45, 7) is 2.24. The van der Waals surface area contributed by atoms with Crippen LogP contribution in [0.1, 0.15) is 16.7 Å². The predicted molar refractivity (Wildman–Crippen MR) is 51.6 cm³/mol. The Labute approximate surface area is 86.3 Å². The second-order valence-electron chi connectivity index (χ2n) is 3.89. The van der Waals surface area contributed by atoms with E-state index < -0.39 is 12.2 Å². The van der Waals surface area contributed by atoms with Crippen LogP contribution in [-0.4, -0.2) is 12.2 Å². The minimum Gasteiger partial charge on any atom is -0.302 e. The quantitative estimate of drug-likeness (QED) is 0.701. The van der Waals surface area contributed by atoms with Crippen LogP contribution in [0.25, 0.3) is 0 Å². The van der Waals surface area contributed by atoms with Gasteiger partial charge in [-0.2, -0.15) is 13.2 Å². The van der Waals surface area contributed by atoms with Crippen molar-refractivity contribution < 1.29 is 13.2 Å². The maximum absolute atomic E-state index is 12.5. The zero-order valence-corrected chi connectivity index (χ0v) is 8.36. The number of halogens is 3. The van der Waals surface area contributed by atoms with Crippen LogP contribution in [0.4, 0.5) is 13.2 Å². The molecule has 0 amide bonds. The molecule has 4 heteroatoms. The second-order valence-corrected chi connectivity index (χ2v) is 3.89. The number of benzene rings is 1. The van der Waals surface area contributed by atoms with E-state index in [0.717, 1.165) is 16.7 Å². The third-order valence-corrected chi connectivity index (χ3v) is 2.85. The van der Waals surface area contributed by atoms with Crippen LogP contribution >= 0.6 is 0 Å². The Balaban J connectivity index is 2.28. The molecule has 0 radical (unpaired) electrons. The fraction of sp³-hybridized carbons (Fsp3) is 0.455. The molecule has 0 fully saturated rings. The first-order valence-electron chi connectivity index (χ1n) is 4.86. The molecule has 1 unspecified atom stereocenters. The van der Waals surface area contributed by atoms with Crippen LogP contribution < -0.4 is 5.32 Å². The van der Waals surface area contributed by atoms with Crippen molar-refractivity contribution in [1.82, 2.24) is 5.32 Å². The van der Waals surface area contributed by atoms with Gasteiger partial charge in [-0.05, 0) is 30.0 Å². The largest absolute Gasteiger partial charge is 0.404 e. The molecule has 0 saturated heterocycles. The lowest BCUT2D eigenvalue weighted by atomic mass is 9.92. The Morgan fingerprint density at radius 1 is 1.33 bits per heavy atom. The van der Waals surface area contributed by atoms with Gasteiger partial charge < -0.3 is 5.32 Å². The van der Waals surface area contributed by atoms with Gasteiger partial charge in [0.2, 0.25) is 0 Å². The number of alkyl halides is 3. The Morgan fingerprint density at radius 3 is 2.73 bits per heavy atom. The molecule has 1 aromatic rings. The van der Waals surface area contributed by atoms with Crippen molar-refractivity contribution in [3.8, 4) is 0 Å².